The number of Topliss-reactive ketones (excluding diaryl/α,β-unsaturated/α-hetero) is 1. The SMILES string of the molecule is O=C(Cn1ccc(C(=O)C(F)(F)F)c1)N1CCCC1. The number of hydrogen-bond acceptors (Lipinski definition) is 2. The van der Waals surface area contributed by atoms with Crippen LogP contribution in [0.4, 0.5) is 13.2 Å². The largest absolute Gasteiger partial charge is 0.454 e. The van der Waals surface area contributed by atoms with E-state index in [0.29, 0.717) is 13.1 Å². The van der Waals surface area contributed by atoms with Gasteiger partial charge in [0.2, 0.25) is 5.91 Å². The minimum Gasteiger partial charge on any atom is -0.344 e. The first-order chi connectivity index (χ1) is 8.88. The van der Waals surface area contributed by atoms with Gasteiger partial charge in [-0.1, -0.05) is 0 Å². The summed E-state index contributed by atoms with van der Waals surface area (Å²) in [6, 6.07) is 1.08. The number of halogens is 3. The molecule has 2 heterocycles. The highest BCUT2D eigenvalue weighted by molar-refractivity contribution is 6.00. The van der Waals surface area contributed by atoms with Gasteiger partial charge in [0.05, 0.1) is 0 Å². The molecule has 1 aromatic rings. The third-order valence-corrected chi connectivity index (χ3v) is 3.05. The smallest absolute Gasteiger partial charge is 0.344 e. The summed E-state index contributed by atoms with van der Waals surface area (Å²) in [6.45, 7) is 1.34. The van der Waals surface area contributed by atoms with E-state index in [1.54, 1.807) is 4.90 Å². The maximum atomic E-state index is 12.2. The van der Waals surface area contributed by atoms with Crippen LogP contribution in [0, 0.1) is 0 Å². The lowest BCUT2D eigenvalue weighted by Crippen LogP contribution is -2.30. The van der Waals surface area contributed by atoms with Crippen LogP contribution < -0.4 is 0 Å². The first-order valence-corrected chi connectivity index (χ1v) is 5.93. The first kappa shape index (κ1) is 13.6. The summed E-state index contributed by atoms with van der Waals surface area (Å²) in [5.74, 6) is -2.03. The van der Waals surface area contributed by atoms with E-state index in [4.69, 9.17) is 0 Å². The van der Waals surface area contributed by atoms with E-state index in [1.807, 2.05) is 0 Å². The zero-order chi connectivity index (χ0) is 14.0. The summed E-state index contributed by atoms with van der Waals surface area (Å²) in [5, 5.41) is 0. The van der Waals surface area contributed by atoms with Crippen LogP contribution in [-0.4, -0.2) is 40.4 Å². The molecule has 0 unspecified atom stereocenters. The predicted octanol–water partition coefficient (Wildman–Crippen LogP) is 1.86. The molecule has 0 aliphatic carbocycles. The second-order valence-electron chi connectivity index (χ2n) is 4.49. The minimum atomic E-state index is -4.88. The summed E-state index contributed by atoms with van der Waals surface area (Å²) in [7, 11) is 0. The molecule has 1 fully saturated rings. The standard InChI is InChI=1S/C12H13F3N2O2/c13-12(14,15)11(19)9-3-6-16(7-9)8-10(18)17-4-1-2-5-17/h3,6-7H,1-2,4-5,8H2. The van der Waals surface area contributed by atoms with Gasteiger partial charge < -0.3 is 9.47 Å². The molecule has 0 spiro atoms. The quantitative estimate of drug-likeness (QED) is 0.789. The summed E-state index contributed by atoms with van der Waals surface area (Å²) in [6.07, 6.45) is -0.605. The lowest BCUT2D eigenvalue weighted by molar-refractivity contribution is -0.130. The molecule has 0 saturated carbocycles. The molecule has 2 rings (SSSR count). The number of carbonyl (C=O) groups excluding carboxylic acids is 2. The highest BCUT2D eigenvalue weighted by Crippen LogP contribution is 2.21. The van der Waals surface area contributed by atoms with Crippen molar-refractivity contribution in [3.8, 4) is 0 Å². The number of carbonyl (C=O) groups is 2. The van der Waals surface area contributed by atoms with Crippen molar-refractivity contribution in [2.24, 2.45) is 0 Å². The Morgan fingerprint density at radius 3 is 2.42 bits per heavy atom. The Labute approximate surface area is 107 Å². The lowest BCUT2D eigenvalue weighted by Gasteiger charge is -2.15. The monoisotopic (exact) mass is 274 g/mol. The molecule has 1 aromatic heterocycles. The average molecular weight is 274 g/mol. The number of rotatable bonds is 3. The molecule has 1 aliphatic heterocycles. The summed E-state index contributed by atoms with van der Waals surface area (Å²) in [5.41, 5.74) is -0.443. The van der Waals surface area contributed by atoms with Crippen LogP contribution in [0.25, 0.3) is 0 Å². The van der Waals surface area contributed by atoms with Gasteiger partial charge >= 0.3 is 6.18 Å². The van der Waals surface area contributed by atoms with Gasteiger partial charge in [-0.2, -0.15) is 13.2 Å². The number of hydrogen-bond donors (Lipinski definition) is 0. The summed E-state index contributed by atoms with van der Waals surface area (Å²) >= 11 is 0. The average Bonchev–Trinajstić information content (AvgIpc) is 2.97. The van der Waals surface area contributed by atoms with Crippen LogP contribution in [0.15, 0.2) is 18.5 Å². The van der Waals surface area contributed by atoms with Crippen molar-refractivity contribution in [1.29, 1.82) is 0 Å². The van der Waals surface area contributed by atoms with E-state index >= 15 is 0 Å². The van der Waals surface area contributed by atoms with E-state index < -0.39 is 17.5 Å². The summed E-state index contributed by atoms with van der Waals surface area (Å²) < 4.78 is 38.0. The Morgan fingerprint density at radius 2 is 1.84 bits per heavy atom. The molecule has 1 saturated heterocycles. The Hall–Kier alpha value is -1.79. The molecule has 0 atom stereocenters. The molecular weight excluding hydrogens is 261 g/mol. The van der Waals surface area contributed by atoms with Crippen LogP contribution in [0.1, 0.15) is 23.2 Å². The molecule has 104 valence electrons. The summed E-state index contributed by atoms with van der Waals surface area (Å²) in [4.78, 5) is 24.4. The zero-order valence-electron chi connectivity index (χ0n) is 10.1. The maximum absolute atomic E-state index is 12.2. The Morgan fingerprint density at radius 1 is 1.21 bits per heavy atom. The third kappa shape index (κ3) is 3.15. The second kappa shape index (κ2) is 5.07. The van der Waals surface area contributed by atoms with Crippen molar-refractivity contribution in [2.75, 3.05) is 13.1 Å². The molecule has 4 nitrogen and oxygen atoms in total. The Bertz CT molecular complexity index is 487. The highest BCUT2D eigenvalue weighted by Gasteiger charge is 2.39. The van der Waals surface area contributed by atoms with Crippen molar-refractivity contribution in [3.63, 3.8) is 0 Å². The number of aromatic nitrogens is 1. The normalized spacial score (nSPS) is 15.8. The van der Waals surface area contributed by atoms with E-state index in [2.05, 4.69) is 0 Å². The fourth-order valence-corrected chi connectivity index (χ4v) is 2.06. The van der Waals surface area contributed by atoms with Crippen LogP contribution in [0.3, 0.4) is 0 Å². The molecule has 1 amide bonds. The molecule has 0 bridgehead atoms. The fourth-order valence-electron chi connectivity index (χ4n) is 2.06. The topological polar surface area (TPSA) is 42.3 Å². The van der Waals surface area contributed by atoms with E-state index in [0.717, 1.165) is 25.1 Å². The molecule has 19 heavy (non-hydrogen) atoms. The van der Waals surface area contributed by atoms with E-state index in [-0.39, 0.29) is 12.5 Å². The molecule has 1 aliphatic rings. The Kier molecular flexibility index (Phi) is 3.64. The van der Waals surface area contributed by atoms with Gasteiger partial charge in [0.1, 0.15) is 6.54 Å². The van der Waals surface area contributed by atoms with Crippen molar-refractivity contribution < 1.29 is 22.8 Å². The number of amides is 1. The van der Waals surface area contributed by atoms with Crippen molar-refractivity contribution in [1.82, 2.24) is 9.47 Å². The minimum absolute atomic E-state index is 0.0366. The maximum Gasteiger partial charge on any atom is 0.454 e. The lowest BCUT2D eigenvalue weighted by atomic mass is 10.2. The van der Waals surface area contributed by atoms with Gasteiger partial charge in [-0.25, -0.2) is 0 Å². The number of likely N-dealkylation sites (tertiary alicyclic amines) is 1. The third-order valence-electron chi connectivity index (χ3n) is 3.05. The predicted molar refractivity (Wildman–Crippen MR) is 60.6 cm³/mol. The molecule has 0 radical (unpaired) electrons. The van der Waals surface area contributed by atoms with Gasteiger partial charge in [-0.15, -0.1) is 0 Å². The molecule has 7 heteroatoms. The highest BCUT2D eigenvalue weighted by atomic mass is 19.4. The van der Waals surface area contributed by atoms with E-state index in [9.17, 15) is 22.8 Å². The zero-order valence-corrected chi connectivity index (χ0v) is 10.1. The van der Waals surface area contributed by atoms with Gasteiger partial charge in [-0.05, 0) is 18.9 Å². The van der Waals surface area contributed by atoms with Gasteiger partial charge in [-0.3, -0.25) is 9.59 Å². The number of alkyl halides is 3. The van der Waals surface area contributed by atoms with Gasteiger partial charge in [0.25, 0.3) is 5.78 Å². The fraction of sp³-hybridized carbons (Fsp3) is 0.500. The van der Waals surface area contributed by atoms with Crippen molar-refractivity contribution in [3.05, 3.63) is 24.0 Å². The molecule has 0 N–H and O–H groups in total. The number of ketones is 1. The van der Waals surface area contributed by atoms with Crippen LogP contribution in [0.5, 0.6) is 0 Å². The number of nitrogens with zero attached hydrogens (tertiary/aromatic N) is 2. The van der Waals surface area contributed by atoms with Crippen LogP contribution in [-0.2, 0) is 11.3 Å². The van der Waals surface area contributed by atoms with Crippen LogP contribution >= 0.6 is 0 Å². The molecular formula is C12H13F3N2O2. The Balaban J connectivity index is 2.01. The molecule has 0 aromatic carbocycles. The van der Waals surface area contributed by atoms with Gasteiger partial charge in [0, 0.05) is 31.0 Å². The first-order valence-electron chi connectivity index (χ1n) is 5.93. The second-order valence-corrected chi connectivity index (χ2v) is 4.49. The van der Waals surface area contributed by atoms with E-state index in [1.165, 1.54) is 10.8 Å². The van der Waals surface area contributed by atoms with Crippen LogP contribution in [0.2, 0.25) is 0 Å². The van der Waals surface area contributed by atoms with Gasteiger partial charge in [0.15, 0.2) is 0 Å². The van der Waals surface area contributed by atoms with Crippen molar-refractivity contribution >= 4 is 11.7 Å². The van der Waals surface area contributed by atoms with Crippen molar-refractivity contribution in [2.45, 2.75) is 25.6 Å².